The summed E-state index contributed by atoms with van der Waals surface area (Å²) >= 11 is 12.0. The number of carbonyl (C=O) groups excluding carboxylic acids is 1. The van der Waals surface area contributed by atoms with Crippen LogP contribution in [0.15, 0.2) is 54.6 Å². The van der Waals surface area contributed by atoms with Crippen molar-refractivity contribution in [2.45, 2.75) is 0 Å². The lowest BCUT2D eigenvalue weighted by Crippen LogP contribution is -2.48. The molecular formula is C20H18Cl2N4O. The molecule has 0 spiro atoms. The number of aromatic nitrogens is 2. The van der Waals surface area contributed by atoms with E-state index in [0.717, 1.165) is 35.1 Å². The maximum absolute atomic E-state index is 12.8. The lowest BCUT2D eigenvalue weighted by Gasteiger charge is -2.36. The van der Waals surface area contributed by atoms with Gasteiger partial charge in [-0.25, -0.2) is 0 Å². The van der Waals surface area contributed by atoms with E-state index in [0.29, 0.717) is 23.8 Å². The van der Waals surface area contributed by atoms with Crippen molar-refractivity contribution in [3.8, 4) is 11.3 Å². The Bertz CT molecular complexity index is 947. The molecule has 1 fully saturated rings. The first-order valence-corrected chi connectivity index (χ1v) is 9.47. The predicted octanol–water partition coefficient (Wildman–Crippen LogP) is 4.35. The maximum atomic E-state index is 12.8. The van der Waals surface area contributed by atoms with E-state index in [9.17, 15) is 4.79 Å². The van der Waals surface area contributed by atoms with Crippen LogP contribution in [0.4, 0.5) is 5.69 Å². The summed E-state index contributed by atoms with van der Waals surface area (Å²) in [4.78, 5) is 16.9. The van der Waals surface area contributed by atoms with E-state index in [4.69, 9.17) is 23.2 Å². The summed E-state index contributed by atoms with van der Waals surface area (Å²) in [5.41, 5.74) is 3.23. The van der Waals surface area contributed by atoms with Gasteiger partial charge in [-0.15, -0.1) is 0 Å². The molecule has 0 saturated carbocycles. The number of amides is 1. The number of piperazine rings is 1. The van der Waals surface area contributed by atoms with E-state index in [-0.39, 0.29) is 5.91 Å². The Kier molecular flexibility index (Phi) is 5.05. The zero-order chi connectivity index (χ0) is 18.8. The van der Waals surface area contributed by atoms with Crippen LogP contribution >= 0.6 is 23.2 Å². The maximum Gasteiger partial charge on any atom is 0.272 e. The highest BCUT2D eigenvalue weighted by atomic mass is 35.5. The summed E-state index contributed by atoms with van der Waals surface area (Å²) in [5.74, 6) is -0.0338. The van der Waals surface area contributed by atoms with Crippen LogP contribution in [0, 0.1) is 0 Å². The largest absolute Gasteiger partial charge is 0.368 e. The third kappa shape index (κ3) is 3.94. The van der Waals surface area contributed by atoms with Crippen LogP contribution < -0.4 is 4.90 Å². The van der Waals surface area contributed by atoms with E-state index in [1.807, 2.05) is 53.4 Å². The molecule has 3 aromatic rings. The number of nitrogens with one attached hydrogen (secondary N) is 1. The standard InChI is InChI=1S/C20H18Cl2N4O/c21-15-6-4-14(5-7-15)18-13-19(24-23-18)20(27)26-10-8-25(9-11-26)17-3-1-2-16(22)12-17/h1-7,12-13H,8-11H2,(H,23,24). The number of nitrogens with zero attached hydrogens (tertiary/aromatic N) is 3. The Morgan fingerprint density at radius 3 is 2.37 bits per heavy atom. The summed E-state index contributed by atoms with van der Waals surface area (Å²) in [6, 6.07) is 17.0. The fourth-order valence-corrected chi connectivity index (χ4v) is 3.52. The second-order valence-electron chi connectivity index (χ2n) is 6.43. The molecule has 5 nitrogen and oxygen atoms in total. The number of carbonyl (C=O) groups is 1. The van der Waals surface area contributed by atoms with Crippen LogP contribution in [0.5, 0.6) is 0 Å². The second-order valence-corrected chi connectivity index (χ2v) is 7.31. The highest BCUT2D eigenvalue weighted by Gasteiger charge is 2.24. The minimum atomic E-state index is -0.0338. The normalized spacial score (nSPS) is 14.4. The van der Waals surface area contributed by atoms with Crippen molar-refractivity contribution in [2.75, 3.05) is 31.1 Å². The Balaban J connectivity index is 1.42. The number of hydrogen-bond acceptors (Lipinski definition) is 3. The zero-order valence-electron chi connectivity index (χ0n) is 14.5. The summed E-state index contributed by atoms with van der Waals surface area (Å²) in [7, 11) is 0. The van der Waals surface area contributed by atoms with Crippen molar-refractivity contribution in [1.82, 2.24) is 15.1 Å². The Morgan fingerprint density at radius 2 is 1.67 bits per heavy atom. The van der Waals surface area contributed by atoms with Gasteiger partial charge in [0.2, 0.25) is 0 Å². The molecule has 0 radical (unpaired) electrons. The summed E-state index contributed by atoms with van der Waals surface area (Å²) in [5, 5.41) is 8.51. The summed E-state index contributed by atoms with van der Waals surface area (Å²) in [6.07, 6.45) is 0. The van der Waals surface area contributed by atoms with Crippen molar-refractivity contribution in [1.29, 1.82) is 0 Å². The molecule has 1 aliphatic rings. The number of anilines is 1. The molecule has 1 aliphatic heterocycles. The molecule has 0 unspecified atom stereocenters. The lowest BCUT2D eigenvalue weighted by molar-refractivity contribution is 0.0741. The number of aromatic amines is 1. The van der Waals surface area contributed by atoms with E-state index in [2.05, 4.69) is 15.1 Å². The molecule has 4 rings (SSSR count). The lowest BCUT2D eigenvalue weighted by atomic mass is 10.1. The van der Waals surface area contributed by atoms with Gasteiger partial charge in [0.1, 0.15) is 5.69 Å². The van der Waals surface area contributed by atoms with Gasteiger partial charge in [0.25, 0.3) is 5.91 Å². The van der Waals surface area contributed by atoms with Crippen LogP contribution in [0.2, 0.25) is 10.0 Å². The molecular weight excluding hydrogens is 383 g/mol. The topological polar surface area (TPSA) is 52.2 Å². The van der Waals surface area contributed by atoms with Gasteiger partial charge in [0.15, 0.2) is 0 Å². The fraction of sp³-hybridized carbons (Fsp3) is 0.200. The SMILES string of the molecule is O=C(c1cc(-c2ccc(Cl)cc2)n[nH]1)N1CCN(c2cccc(Cl)c2)CC1. The Labute approximate surface area is 167 Å². The monoisotopic (exact) mass is 400 g/mol. The van der Waals surface area contributed by atoms with Crippen LogP contribution in [-0.2, 0) is 0 Å². The first-order valence-electron chi connectivity index (χ1n) is 8.71. The number of halogens is 2. The fourth-order valence-electron chi connectivity index (χ4n) is 3.21. The van der Waals surface area contributed by atoms with Gasteiger partial charge >= 0.3 is 0 Å². The molecule has 1 saturated heterocycles. The van der Waals surface area contributed by atoms with E-state index >= 15 is 0 Å². The first-order chi connectivity index (χ1) is 13.1. The first kappa shape index (κ1) is 17.9. The third-order valence-corrected chi connectivity index (χ3v) is 5.18. The zero-order valence-corrected chi connectivity index (χ0v) is 16.0. The molecule has 1 amide bonds. The van der Waals surface area contributed by atoms with E-state index in [1.54, 1.807) is 6.07 Å². The highest BCUT2D eigenvalue weighted by molar-refractivity contribution is 6.31. The molecule has 2 heterocycles. The molecule has 7 heteroatoms. The number of H-pyrrole nitrogens is 1. The third-order valence-electron chi connectivity index (χ3n) is 4.69. The number of hydrogen-bond donors (Lipinski definition) is 1. The average Bonchev–Trinajstić information content (AvgIpc) is 3.18. The average molecular weight is 401 g/mol. The van der Waals surface area contributed by atoms with Crippen LogP contribution in [0.25, 0.3) is 11.3 Å². The number of benzene rings is 2. The van der Waals surface area contributed by atoms with Gasteiger partial charge in [-0.1, -0.05) is 41.4 Å². The Hall–Kier alpha value is -2.50. The van der Waals surface area contributed by atoms with Crippen molar-refractivity contribution in [3.05, 3.63) is 70.3 Å². The van der Waals surface area contributed by atoms with Crippen molar-refractivity contribution in [3.63, 3.8) is 0 Å². The van der Waals surface area contributed by atoms with Crippen molar-refractivity contribution >= 4 is 34.8 Å². The number of rotatable bonds is 3. The van der Waals surface area contributed by atoms with Gasteiger partial charge in [-0.2, -0.15) is 5.10 Å². The van der Waals surface area contributed by atoms with Gasteiger partial charge in [-0.05, 0) is 36.4 Å². The minimum absolute atomic E-state index is 0.0338. The molecule has 0 aliphatic carbocycles. The summed E-state index contributed by atoms with van der Waals surface area (Å²) in [6.45, 7) is 2.84. The van der Waals surface area contributed by atoms with Gasteiger partial charge in [-0.3, -0.25) is 9.89 Å². The quantitative estimate of drug-likeness (QED) is 0.710. The second kappa shape index (κ2) is 7.62. The smallest absolute Gasteiger partial charge is 0.272 e. The molecule has 0 bridgehead atoms. The van der Waals surface area contributed by atoms with E-state index < -0.39 is 0 Å². The molecule has 1 aromatic heterocycles. The van der Waals surface area contributed by atoms with Gasteiger partial charge < -0.3 is 9.80 Å². The molecule has 2 aromatic carbocycles. The van der Waals surface area contributed by atoms with Gasteiger partial charge in [0.05, 0.1) is 5.69 Å². The van der Waals surface area contributed by atoms with Crippen LogP contribution in [0.3, 0.4) is 0 Å². The van der Waals surface area contributed by atoms with Crippen LogP contribution in [-0.4, -0.2) is 47.2 Å². The molecule has 0 atom stereocenters. The van der Waals surface area contributed by atoms with Gasteiger partial charge in [0, 0.05) is 47.5 Å². The van der Waals surface area contributed by atoms with Crippen LogP contribution in [0.1, 0.15) is 10.5 Å². The Morgan fingerprint density at radius 1 is 0.926 bits per heavy atom. The molecule has 27 heavy (non-hydrogen) atoms. The van der Waals surface area contributed by atoms with Crippen molar-refractivity contribution < 1.29 is 4.79 Å². The highest BCUT2D eigenvalue weighted by Crippen LogP contribution is 2.23. The minimum Gasteiger partial charge on any atom is -0.368 e. The molecule has 1 N–H and O–H groups in total. The van der Waals surface area contributed by atoms with Crippen molar-refractivity contribution in [2.24, 2.45) is 0 Å². The summed E-state index contributed by atoms with van der Waals surface area (Å²) < 4.78 is 0. The molecule has 138 valence electrons. The predicted molar refractivity (Wildman–Crippen MR) is 109 cm³/mol. The van der Waals surface area contributed by atoms with E-state index in [1.165, 1.54) is 0 Å².